The molecule has 0 spiro atoms. The van der Waals surface area contributed by atoms with Crippen LogP contribution < -0.4 is 0 Å². The molecule has 0 saturated carbocycles. The molecule has 1 heterocycles. The summed E-state index contributed by atoms with van der Waals surface area (Å²) in [5.41, 5.74) is 0.790. The summed E-state index contributed by atoms with van der Waals surface area (Å²) in [6.45, 7) is 3.57. The van der Waals surface area contributed by atoms with E-state index >= 15 is 0 Å². The molecule has 1 aromatic rings. The van der Waals surface area contributed by atoms with Gasteiger partial charge in [0.2, 0.25) is 0 Å². The van der Waals surface area contributed by atoms with Gasteiger partial charge in [-0.15, -0.1) is 12.3 Å². The van der Waals surface area contributed by atoms with E-state index in [4.69, 9.17) is 6.42 Å². The summed E-state index contributed by atoms with van der Waals surface area (Å²) in [6.07, 6.45) is 5.15. The molecule has 4 heteroatoms. The molecular formula is C12H8CuNO2. The number of hydrogen-bond acceptors (Lipinski definition) is 2. The monoisotopic (exact) mass is 261 g/mol. The van der Waals surface area contributed by atoms with E-state index in [9.17, 15) is 9.59 Å². The molecule has 1 aromatic carbocycles. The first kappa shape index (κ1) is 12.5. The fraction of sp³-hybridized carbons (Fsp3) is 0.0833. The third-order valence-corrected chi connectivity index (χ3v) is 2.33. The standard InChI is InChI=1S/C12H8NO2.Cu/c1-3-8(2)13-11(14)9-6-4-5-7-10(9)12(13)15;/h1,4-8H,2H2;/q-1;+1. The molecule has 0 bridgehead atoms. The first-order valence-electron chi connectivity index (χ1n) is 4.43. The number of benzene rings is 1. The van der Waals surface area contributed by atoms with E-state index in [1.165, 1.54) is 0 Å². The van der Waals surface area contributed by atoms with Crippen molar-refractivity contribution in [1.82, 2.24) is 4.90 Å². The molecule has 2 amide bonds. The number of carbonyl (C=O) groups excluding carboxylic acids is 2. The molecule has 0 aromatic heterocycles. The van der Waals surface area contributed by atoms with Gasteiger partial charge in [0.25, 0.3) is 11.8 Å². The van der Waals surface area contributed by atoms with E-state index in [1.807, 2.05) is 0 Å². The number of hydrogen-bond donors (Lipinski definition) is 0. The van der Waals surface area contributed by atoms with Crippen LogP contribution in [0.5, 0.6) is 0 Å². The Hall–Kier alpha value is -1.56. The van der Waals surface area contributed by atoms with Crippen molar-refractivity contribution in [2.45, 2.75) is 6.04 Å². The van der Waals surface area contributed by atoms with Crippen molar-refractivity contribution in [1.29, 1.82) is 0 Å². The Labute approximate surface area is 104 Å². The second-order valence-corrected chi connectivity index (χ2v) is 3.21. The minimum absolute atomic E-state index is 0. The third-order valence-electron chi connectivity index (χ3n) is 2.33. The Morgan fingerprint density at radius 3 is 2.00 bits per heavy atom. The number of amides is 2. The largest absolute Gasteiger partial charge is 1.00 e. The predicted octanol–water partition coefficient (Wildman–Crippen LogP) is 1.12. The van der Waals surface area contributed by atoms with Crippen molar-refractivity contribution in [3.8, 4) is 12.3 Å². The van der Waals surface area contributed by atoms with Crippen molar-refractivity contribution >= 4 is 11.8 Å². The van der Waals surface area contributed by atoms with Gasteiger partial charge < -0.3 is 6.92 Å². The molecule has 0 saturated heterocycles. The van der Waals surface area contributed by atoms with Gasteiger partial charge in [0.15, 0.2) is 0 Å². The summed E-state index contributed by atoms with van der Waals surface area (Å²) in [4.78, 5) is 24.6. The Bertz CT molecular complexity index is 455. The van der Waals surface area contributed by atoms with E-state index in [1.54, 1.807) is 24.3 Å². The summed E-state index contributed by atoms with van der Waals surface area (Å²) >= 11 is 0. The third kappa shape index (κ3) is 1.65. The van der Waals surface area contributed by atoms with Gasteiger partial charge in [-0.05, 0) is 18.2 Å². The summed E-state index contributed by atoms with van der Waals surface area (Å²) in [6, 6.07) is 5.89. The van der Waals surface area contributed by atoms with Crippen LogP contribution in [0.15, 0.2) is 24.3 Å². The fourth-order valence-electron chi connectivity index (χ4n) is 1.57. The SMILES string of the molecule is C#CC([CH2-])N1C(=O)c2ccccc2C1=O.[Cu+]. The van der Waals surface area contributed by atoms with Crippen LogP contribution in [0.2, 0.25) is 0 Å². The molecule has 1 atom stereocenters. The average molecular weight is 262 g/mol. The zero-order valence-corrected chi connectivity index (χ0v) is 9.18. The fourth-order valence-corrected chi connectivity index (χ4v) is 1.57. The smallest absolute Gasteiger partial charge is 0.309 e. The normalized spacial score (nSPS) is 15.1. The number of carbonyl (C=O) groups is 2. The average Bonchev–Trinajstić information content (AvgIpc) is 2.52. The Balaban J connectivity index is 0.00000128. The van der Waals surface area contributed by atoms with Crippen molar-refractivity contribution in [3.05, 3.63) is 42.3 Å². The maximum Gasteiger partial charge on any atom is 1.00 e. The molecule has 16 heavy (non-hydrogen) atoms. The minimum Gasteiger partial charge on any atom is -0.309 e. The van der Waals surface area contributed by atoms with Gasteiger partial charge in [0.1, 0.15) is 0 Å². The van der Waals surface area contributed by atoms with Crippen LogP contribution in [-0.4, -0.2) is 22.8 Å². The van der Waals surface area contributed by atoms with Crippen LogP contribution in [0, 0.1) is 19.3 Å². The summed E-state index contributed by atoms with van der Waals surface area (Å²) in [5, 5.41) is 0. The van der Waals surface area contributed by atoms with Crippen molar-refractivity contribution in [2.75, 3.05) is 0 Å². The van der Waals surface area contributed by atoms with Crippen LogP contribution in [0.1, 0.15) is 20.7 Å². The van der Waals surface area contributed by atoms with Gasteiger partial charge in [-0.25, -0.2) is 0 Å². The van der Waals surface area contributed by atoms with E-state index < -0.39 is 6.04 Å². The zero-order valence-electron chi connectivity index (χ0n) is 8.24. The van der Waals surface area contributed by atoms with Crippen molar-refractivity contribution in [2.24, 2.45) is 0 Å². The van der Waals surface area contributed by atoms with Crippen LogP contribution >= 0.6 is 0 Å². The minimum atomic E-state index is -0.752. The first-order valence-corrected chi connectivity index (χ1v) is 4.43. The summed E-state index contributed by atoms with van der Waals surface area (Å²) < 4.78 is 0. The Morgan fingerprint density at radius 1 is 1.19 bits per heavy atom. The number of imide groups is 1. The summed E-state index contributed by atoms with van der Waals surface area (Å²) in [7, 11) is 0. The number of rotatable bonds is 1. The maximum absolute atomic E-state index is 11.8. The van der Waals surface area contributed by atoms with Gasteiger partial charge in [-0.3, -0.25) is 14.5 Å². The van der Waals surface area contributed by atoms with Gasteiger partial charge in [-0.2, -0.15) is 0 Å². The molecule has 1 aliphatic rings. The van der Waals surface area contributed by atoms with E-state index in [0.29, 0.717) is 11.1 Å². The molecule has 0 radical (unpaired) electrons. The van der Waals surface area contributed by atoms with Gasteiger partial charge >= 0.3 is 17.1 Å². The van der Waals surface area contributed by atoms with E-state index in [-0.39, 0.29) is 28.9 Å². The molecule has 84 valence electrons. The van der Waals surface area contributed by atoms with Crippen LogP contribution in [-0.2, 0) is 17.1 Å². The van der Waals surface area contributed by atoms with Crippen LogP contribution in [0.3, 0.4) is 0 Å². The van der Waals surface area contributed by atoms with Gasteiger partial charge in [0.05, 0.1) is 11.1 Å². The van der Waals surface area contributed by atoms with Gasteiger partial charge in [0, 0.05) is 0 Å². The Kier molecular flexibility index (Phi) is 3.54. The van der Waals surface area contributed by atoms with Crippen molar-refractivity contribution in [3.63, 3.8) is 0 Å². The first-order chi connectivity index (χ1) is 7.16. The maximum atomic E-state index is 11.8. The molecule has 1 unspecified atom stereocenters. The molecule has 0 aliphatic carbocycles. The van der Waals surface area contributed by atoms with E-state index in [2.05, 4.69) is 12.8 Å². The number of nitrogens with zero attached hydrogens (tertiary/aromatic N) is 1. The molecule has 0 fully saturated rings. The quantitative estimate of drug-likeness (QED) is 0.329. The second kappa shape index (κ2) is 4.52. The summed E-state index contributed by atoms with van der Waals surface area (Å²) in [5.74, 6) is 1.54. The second-order valence-electron chi connectivity index (χ2n) is 3.21. The van der Waals surface area contributed by atoms with Crippen LogP contribution in [0.25, 0.3) is 0 Å². The molecule has 3 nitrogen and oxygen atoms in total. The molecule has 0 N–H and O–H groups in total. The topological polar surface area (TPSA) is 37.4 Å². The molecule has 1 aliphatic heterocycles. The Morgan fingerprint density at radius 2 is 1.62 bits per heavy atom. The molecular weight excluding hydrogens is 254 g/mol. The zero-order chi connectivity index (χ0) is 11.0. The molecule has 2 rings (SSSR count). The van der Waals surface area contributed by atoms with Gasteiger partial charge in [-0.1, -0.05) is 12.1 Å². The van der Waals surface area contributed by atoms with Crippen LogP contribution in [0.4, 0.5) is 0 Å². The number of terminal acetylenes is 1. The van der Waals surface area contributed by atoms with E-state index in [0.717, 1.165) is 4.90 Å². The number of fused-ring (bicyclic) bond motifs is 1. The predicted molar refractivity (Wildman–Crippen MR) is 54.9 cm³/mol. The van der Waals surface area contributed by atoms with Crippen molar-refractivity contribution < 1.29 is 26.7 Å².